The number of nitrogens with zero attached hydrogens (tertiary/aromatic N) is 1. The Balaban J connectivity index is 1.57. The van der Waals surface area contributed by atoms with Gasteiger partial charge in [-0.3, -0.25) is 9.59 Å². The minimum Gasteiger partial charge on any atom is -0.493 e. The molecule has 0 unspecified atom stereocenters. The summed E-state index contributed by atoms with van der Waals surface area (Å²) in [5, 5.41) is 8.20. The molecule has 0 aliphatic carbocycles. The maximum absolute atomic E-state index is 12.3. The Labute approximate surface area is 173 Å². The van der Waals surface area contributed by atoms with Crippen LogP contribution in [0.3, 0.4) is 0 Å². The van der Waals surface area contributed by atoms with Crippen LogP contribution in [0.15, 0.2) is 53.9 Å². The van der Waals surface area contributed by atoms with Crippen molar-refractivity contribution in [3.8, 4) is 16.3 Å². The monoisotopic (exact) mass is 409 g/mol. The van der Waals surface area contributed by atoms with E-state index >= 15 is 0 Å². The lowest BCUT2D eigenvalue weighted by atomic mass is 10.1. The van der Waals surface area contributed by atoms with Crippen molar-refractivity contribution in [2.24, 2.45) is 0 Å². The number of rotatable bonds is 8. The third-order valence-electron chi connectivity index (χ3n) is 4.24. The number of benzene rings is 2. The summed E-state index contributed by atoms with van der Waals surface area (Å²) in [6, 6.07) is 14.9. The Morgan fingerprint density at radius 1 is 1.10 bits per heavy atom. The molecule has 0 saturated carbocycles. The predicted octanol–water partition coefficient (Wildman–Crippen LogP) is 3.43. The molecule has 1 heterocycles. The van der Waals surface area contributed by atoms with Crippen molar-refractivity contribution >= 4 is 23.2 Å². The lowest BCUT2D eigenvalue weighted by Gasteiger charge is -2.07. The van der Waals surface area contributed by atoms with Gasteiger partial charge in [0.15, 0.2) is 0 Å². The molecular weight excluding hydrogens is 386 g/mol. The number of aromatic nitrogens is 1. The second kappa shape index (κ2) is 9.84. The van der Waals surface area contributed by atoms with Gasteiger partial charge in [0.1, 0.15) is 10.8 Å². The molecule has 7 heteroatoms. The molecule has 0 bridgehead atoms. The average Bonchev–Trinajstić information content (AvgIpc) is 3.21. The smallest absolute Gasteiger partial charge is 0.251 e. The van der Waals surface area contributed by atoms with Crippen LogP contribution in [0.25, 0.3) is 10.6 Å². The number of thiazole rings is 1. The predicted molar refractivity (Wildman–Crippen MR) is 114 cm³/mol. The van der Waals surface area contributed by atoms with Crippen molar-refractivity contribution in [2.75, 3.05) is 13.7 Å². The first-order valence-electron chi connectivity index (χ1n) is 9.35. The molecule has 6 nitrogen and oxygen atoms in total. The molecule has 150 valence electrons. The molecule has 0 spiro atoms. The quantitative estimate of drug-likeness (QED) is 0.597. The number of nitrogens with one attached hydrogen (secondary N) is 2. The van der Waals surface area contributed by atoms with E-state index in [4.69, 9.17) is 4.74 Å². The van der Waals surface area contributed by atoms with Gasteiger partial charge in [0.05, 0.1) is 24.3 Å². The zero-order valence-corrected chi connectivity index (χ0v) is 17.2. The van der Waals surface area contributed by atoms with E-state index < -0.39 is 0 Å². The molecule has 0 aliphatic rings. The third-order valence-corrected chi connectivity index (χ3v) is 5.17. The second-order valence-electron chi connectivity index (χ2n) is 6.30. The first-order valence-corrected chi connectivity index (χ1v) is 10.2. The van der Waals surface area contributed by atoms with Gasteiger partial charge in [0.2, 0.25) is 5.91 Å². The highest BCUT2D eigenvalue weighted by atomic mass is 32.1. The fourth-order valence-corrected chi connectivity index (χ4v) is 3.63. The molecule has 1 aromatic heterocycles. The summed E-state index contributed by atoms with van der Waals surface area (Å²) in [7, 11) is 1.59. The van der Waals surface area contributed by atoms with E-state index in [2.05, 4.69) is 15.6 Å². The van der Waals surface area contributed by atoms with Crippen LogP contribution in [0.1, 0.15) is 28.5 Å². The van der Waals surface area contributed by atoms with Crippen LogP contribution >= 0.6 is 11.3 Å². The Bertz CT molecular complexity index is 983. The van der Waals surface area contributed by atoms with Gasteiger partial charge in [-0.05, 0) is 36.8 Å². The van der Waals surface area contributed by atoms with E-state index in [0.29, 0.717) is 18.7 Å². The molecule has 2 N–H and O–H groups in total. The summed E-state index contributed by atoms with van der Waals surface area (Å²) in [5.41, 5.74) is 3.17. The lowest BCUT2D eigenvalue weighted by Crippen LogP contribution is -2.24. The van der Waals surface area contributed by atoms with Crippen LogP contribution in [-0.4, -0.2) is 30.5 Å². The highest BCUT2D eigenvalue weighted by Crippen LogP contribution is 2.32. The number of para-hydroxylation sites is 1. The van der Waals surface area contributed by atoms with Crippen molar-refractivity contribution in [2.45, 2.75) is 19.9 Å². The van der Waals surface area contributed by atoms with Gasteiger partial charge in [-0.1, -0.05) is 24.3 Å². The van der Waals surface area contributed by atoms with Crippen molar-refractivity contribution in [1.82, 2.24) is 15.6 Å². The van der Waals surface area contributed by atoms with Gasteiger partial charge < -0.3 is 15.4 Å². The molecule has 2 aromatic carbocycles. The van der Waals surface area contributed by atoms with E-state index in [9.17, 15) is 9.59 Å². The molecule has 29 heavy (non-hydrogen) atoms. The lowest BCUT2D eigenvalue weighted by molar-refractivity contribution is -0.120. The maximum Gasteiger partial charge on any atom is 0.251 e. The SMILES string of the molecule is CCOc1ccccc1-c1nc(CC(=O)NCc2ccc(C(=O)NC)cc2)cs1. The van der Waals surface area contributed by atoms with Gasteiger partial charge in [-0.15, -0.1) is 11.3 Å². The number of carbonyl (C=O) groups excluding carboxylic acids is 2. The van der Waals surface area contributed by atoms with Crippen molar-refractivity contribution in [3.63, 3.8) is 0 Å². The zero-order valence-electron chi connectivity index (χ0n) is 16.4. The van der Waals surface area contributed by atoms with Gasteiger partial charge in [-0.25, -0.2) is 4.98 Å². The fraction of sp³-hybridized carbons (Fsp3) is 0.227. The van der Waals surface area contributed by atoms with Crippen molar-refractivity contribution < 1.29 is 14.3 Å². The highest BCUT2D eigenvalue weighted by Gasteiger charge is 2.12. The van der Waals surface area contributed by atoms with Crippen LogP contribution in [0, 0.1) is 0 Å². The molecular formula is C22H23N3O3S. The number of carbonyl (C=O) groups is 2. The number of ether oxygens (including phenoxy) is 1. The summed E-state index contributed by atoms with van der Waals surface area (Å²) in [5.74, 6) is 0.557. The number of amides is 2. The molecule has 0 fully saturated rings. The van der Waals surface area contributed by atoms with Gasteiger partial charge in [0, 0.05) is 24.5 Å². The molecule has 2 amide bonds. The zero-order chi connectivity index (χ0) is 20.6. The Kier molecular flexibility index (Phi) is 6.97. The average molecular weight is 410 g/mol. The molecule has 0 saturated heterocycles. The summed E-state index contributed by atoms with van der Waals surface area (Å²) in [6.07, 6.45) is 0.212. The summed E-state index contributed by atoms with van der Waals surface area (Å²) >= 11 is 1.50. The molecule has 3 rings (SSSR count). The number of hydrogen-bond donors (Lipinski definition) is 2. The van der Waals surface area contributed by atoms with Crippen molar-refractivity contribution in [3.05, 3.63) is 70.7 Å². The maximum atomic E-state index is 12.3. The van der Waals surface area contributed by atoms with Crippen LogP contribution in [0.5, 0.6) is 5.75 Å². The molecule has 0 aliphatic heterocycles. The first kappa shape index (κ1) is 20.5. The Morgan fingerprint density at radius 3 is 2.59 bits per heavy atom. The summed E-state index contributed by atoms with van der Waals surface area (Å²) < 4.78 is 5.66. The van der Waals surface area contributed by atoms with Crippen LogP contribution in [0.4, 0.5) is 0 Å². The molecule has 0 radical (unpaired) electrons. The standard InChI is InChI=1S/C22H23N3O3S/c1-3-28-19-7-5-4-6-18(19)22-25-17(14-29-22)12-20(26)24-13-15-8-10-16(11-9-15)21(27)23-2/h4-11,14H,3,12-13H2,1-2H3,(H,23,27)(H,24,26). The Hall–Kier alpha value is -3.19. The minimum atomic E-state index is -0.133. The van der Waals surface area contributed by atoms with E-state index in [1.807, 2.05) is 48.7 Å². The summed E-state index contributed by atoms with van der Waals surface area (Å²) in [6.45, 7) is 2.93. The van der Waals surface area contributed by atoms with E-state index in [1.165, 1.54) is 11.3 Å². The van der Waals surface area contributed by atoms with Crippen LogP contribution in [-0.2, 0) is 17.8 Å². The van der Waals surface area contributed by atoms with Crippen molar-refractivity contribution in [1.29, 1.82) is 0 Å². The number of hydrogen-bond acceptors (Lipinski definition) is 5. The second-order valence-corrected chi connectivity index (χ2v) is 7.16. The normalized spacial score (nSPS) is 10.4. The van der Waals surface area contributed by atoms with E-state index in [0.717, 1.165) is 27.6 Å². The van der Waals surface area contributed by atoms with Crippen LogP contribution < -0.4 is 15.4 Å². The van der Waals surface area contributed by atoms with E-state index in [1.54, 1.807) is 19.2 Å². The fourth-order valence-electron chi connectivity index (χ4n) is 2.78. The first-order chi connectivity index (χ1) is 14.1. The minimum absolute atomic E-state index is 0.102. The summed E-state index contributed by atoms with van der Waals surface area (Å²) in [4.78, 5) is 28.4. The topological polar surface area (TPSA) is 80.3 Å². The van der Waals surface area contributed by atoms with Gasteiger partial charge in [0.25, 0.3) is 5.91 Å². The molecule has 0 atom stereocenters. The Morgan fingerprint density at radius 2 is 1.86 bits per heavy atom. The third kappa shape index (κ3) is 5.42. The molecule has 3 aromatic rings. The largest absolute Gasteiger partial charge is 0.493 e. The highest BCUT2D eigenvalue weighted by molar-refractivity contribution is 7.13. The van der Waals surface area contributed by atoms with E-state index in [-0.39, 0.29) is 18.2 Å². The van der Waals surface area contributed by atoms with Gasteiger partial charge in [-0.2, -0.15) is 0 Å². The van der Waals surface area contributed by atoms with Gasteiger partial charge >= 0.3 is 0 Å². The van der Waals surface area contributed by atoms with Crippen LogP contribution in [0.2, 0.25) is 0 Å².